The molecule has 0 saturated heterocycles. The lowest BCUT2D eigenvalue weighted by Gasteiger charge is -2.27. The minimum atomic E-state index is -0.948. The summed E-state index contributed by atoms with van der Waals surface area (Å²) in [6.45, 7) is 3.19. The SMILES string of the molecule is CCOC(CNC(=O)OCC1c2ccccc2-c2ccccc21)CC(=O)N1CC=C(C(=O)O)CC1. The number of carbonyl (C=O) groups excluding carboxylic acids is 2. The number of amides is 2. The summed E-state index contributed by atoms with van der Waals surface area (Å²) in [7, 11) is 0. The molecule has 1 aliphatic heterocycles. The number of nitrogens with zero attached hydrogens (tertiary/aromatic N) is 1. The van der Waals surface area contributed by atoms with Gasteiger partial charge in [-0.3, -0.25) is 4.79 Å². The fourth-order valence-electron chi connectivity index (χ4n) is 4.69. The van der Waals surface area contributed by atoms with Crippen LogP contribution in [0.3, 0.4) is 0 Å². The maximum atomic E-state index is 12.7. The first-order valence-electron chi connectivity index (χ1n) is 11.9. The van der Waals surface area contributed by atoms with Crippen LogP contribution >= 0.6 is 0 Å². The molecule has 1 atom stereocenters. The molecule has 1 unspecified atom stereocenters. The highest BCUT2D eigenvalue weighted by molar-refractivity contribution is 5.87. The van der Waals surface area contributed by atoms with E-state index >= 15 is 0 Å². The average Bonchev–Trinajstić information content (AvgIpc) is 3.20. The molecule has 8 nitrogen and oxygen atoms in total. The molecule has 0 radical (unpaired) electrons. The molecule has 0 aromatic heterocycles. The Labute approximate surface area is 204 Å². The summed E-state index contributed by atoms with van der Waals surface area (Å²) in [4.78, 5) is 37.8. The molecule has 0 saturated carbocycles. The Morgan fingerprint density at radius 1 is 1.09 bits per heavy atom. The van der Waals surface area contributed by atoms with Crippen molar-refractivity contribution in [2.24, 2.45) is 0 Å². The third-order valence-electron chi connectivity index (χ3n) is 6.46. The van der Waals surface area contributed by atoms with Crippen molar-refractivity contribution in [1.29, 1.82) is 0 Å². The number of hydrogen-bond donors (Lipinski definition) is 2. The van der Waals surface area contributed by atoms with Gasteiger partial charge in [0.05, 0.1) is 12.5 Å². The van der Waals surface area contributed by atoms with E-state index in [1.165, 1.54) is 0 Å². The largest absolute Gasteiger partial charge is 0.478 e. The van der Waals surface area contributed by atoms with Crippen LogP contribution in [0.4, 0.5) is 4.79 Å². The molecule has 35 heavy (non-hydrogen) atoms. The number of alkyl carbamates (subject to hydrolysis) is 1. The number of hydrogen-bond acceptors (Lipinski definition) is 5. The van der Waals surface area contributed by atoms with E-state index in [4.69, 9.17) is 14.6 Å². The second-order valence-electron chi connectivity index (χ2n) is 8.61. The summed E-state index contributed by atoms with van der Waals surface area (Å²) >= 11 is 0. The highest BCUT2D eigenvalue weighted by Gasteiger charge is 2.29. The van der Waals surface area contributed by atoms with E-state index in [9.17, 15) is 14.4 Å². The van der Waals surface area contributed by atoms with E-state index in [-0.39, 0.29) is 37.9 Å². The van der Waals surface area contributed by atoms with Crippen molar-refractivity contribution in [2.45, 2.75) is 31.8 Å². The predicted octanol–water partition coefficient (Wildman–Crippen LogP) is 3.56. The summed E-state index contributed by atoms with van der Waals surface area (Å²) in [6.07, 6.45) is 0.911. The maximum absolute atomic E-state index is 12.7. The molecule has 0 fully saturated rings. The highest BCUT2D eigenvalue weighted by Crippen LogP contribution is 2.44. The zero-order valence-corrected chi connectivity index (χ0v) is 19.7. The van der Waals surface area contributed by atoms with Gasteiger partial charge in [-0.05, 0) is 35.6 Å². The van der Waals surface area contributed by atoms with Crippen LogP contribution in [-0.4, -0.2) is 66.9 Å². The van der Waals surface area contributed by atoms with Gasteiger partial charge in [-0.25, -0.2) is 9.59 Å². The van der Waals surface area contributed by atoms with Crippen LogP contribution in [0.1, 0.15) is 36.8 Å². The Bertz CT molecular complexity index is 1080. The van der Waals surface area contributed by atoms with Crippen molar-refractivity contribution in [3.05, 3.63) is 71.3 Å². The first-order chi connectivity index (χ1) is 17.0. The Balaban J connectivity index is 1.29. The molecule has 0 bridgehead atoms. The third kappa shape index (κ3) is 5.71. The fraction of sp³-hybridized carbons (Fsp3) is 0.370. The molecule has 184 valence electrons. The molecule has 1 aliphatic carbocycles. The van der Waals surface area contributed by atoms with E-state index in [1.807, 2.05) is 31.2 Å². The minimum absolute atomic E-state index is 0.0275. The average molecular weight is 479 g/mol. The normalized spacial score (nSPS) is 15.6. The minimum Gasteiger partial charge on any atom is -0.478 e. The standard InChI is InChI=1S/C27H30N2O6/c1-2-34-19(15-25(30)29-13-11-18(12-14-29)26(31)32)16-28-27(33)35-17-24-22-9-5-3-7-20(22)21-8-4-6-10-23(21)24/h3-11,19,24H,2,12-17H2,1H3,(H,28,33)(H,31,32). The van der Waals surface area contributed by atoms with Gasteiger partial charge < -0.3 is 24.8 Å². The van der Waals surface area contributed by atoms with Crippen LogP contribution in [-0.2, 0) is 19.1 Å². The third-order valence-corrected chi connectivity index (χ3v) is 6.46. The number of nitrogens with one attached hydrogen (secondary N) is 1. The van der Waals surface area contributed by atoms with Gasteiger partial charge in [0.15, 0.2) is 0 Å². The highest BCUT2D eigenvalue weighted by atomic mass is 16.5. The van der Waals surface area contributed by atoms with Crippen molar-refractivity contribution in [2.75, 3.05) is 32.8 Å². The molecule has 2 aliphatic rings. The summed E-state index contributed by atoms with van der Waals surface area (Å²) in [6, 6.07) is 16.3. The molecule has 2 aromatic carbocycles. The zero-order chi connectivity index (χ0) is 24.8. The monoisotopic (exact) mass is 478 g/mol. The topological polar surface area (TPSA) is 105 Å². The van der Waals surface area contributed by atoms with E-state index in [0.29, 0.717) is 25.1 Å². The molecule has 1 heterocycles. The molecule has 4 rings (SSSR count). The summed E-state index contributed by atoms with van der Waals surface area (Å²) in [5.41, 5.74) is 4.93. The second kappa shape index (κ2) is 11.2. The van der Waals surface area contributed by atoms with E-state index in [2.05, 4.69) is 29.6 Å². The number of carboxylic acids is 1. The molecule has 2 aromatic rings. The maximum Gasteiger partial charge on any atom is 0.407 e. The lowest BCUT2D eigenvalue weighted by Crippen LogP contribution is -2.41. The van der Waals surface area contributed by atoms with Crippen LogP contribution in [0.15, 0.2) is 60.2 Å². The molecule has 0 spiro atoms. The van der Waals surface area contributed by atoms with E-state index in [0.717, 1.165) is 22.3 Å². The van der Waals surface area contributed by atoms with Gasteiger partial charge in [0.25, 0.3) is 0 Å². The summed E-state index contributed by atoms with van der Waals surface area (Å²) in [5.74, 6) is -1.12. The van der Waals surface area contributed by atoms with Crippen molar-refractivity contribution in [3.63, 3.8) is 0 Å². The first-order valence-corrected chi connectivity index (χ1v) is 11.9. The predicted molar refractivity (Wildman–Crippen MR) is 130 cm³/mol. The Kier molecular flexibility index (Phi) is 7.82. The quantitative estimate of drug-likeness (QED) is 0.571. The Morgan fingerprint density at radius 2 is 1.74 bits per heavy atom. The van der Waals surface area contributed by atoms with Crippen molar-refractivity contribution in [3.8, 4) is 11.1 Å². The van der Waals surface area contributed by atoms with E-state index < -0.39 is 18.2 Å². The number of carboxylic acid groups (broad SMARTS) is 1. The summed E-state index contributed by atoms with van der Waals surface area (Å²) < 4.78 is 11.2. The number of aliphatic carboxylic acids is 1. The van der Waals surface area contributed by atoms with Crippen LogP contribution < -0.4 is 5.32 Å². The van der Waals surface area contributed by atoms with Gasteiger partial charge in [0.2, 0.25) is 5.91 Å². The lowest BCUT2D eigenvalue weighted by molar-refractivity contribution is -0.136. The molecule has 8 heteroatoms. The van der Waals surface area contributed by atoms with Crippen LogP contribution in [0.5, 0.6) is 0 Å². The summed E-state index contributed by atoms with van der Waals surface area (Å²) in [5, 5.41) is 11.8. The lowest BCUT2D eigenvalue weighted by atomic mass is 9.98. The van der Waals surface area contributed by atoms with Crippen molar-refractivity contribution < 1.29 is 29.0 Å². The van der Waals surface area contributed by atoms with Crippen molar-refractivity contribution >= 4 is 18.0 Å². The van der Waals surface area contributed by atoms with Crippen LogP contribution in [0, 0.1) is 0 Å². The molecular formula is C27H30N2O6. The number of ether oxygens (including phenoxy) is 2. The molecule has 2 N–H and O–H groups in total. The van der Waals surface area contributed by atoms with Gasteiger partial charge >= 0.3 is 12.1 Å². The van der Waals surface area contributed by atoms with Crippen LogP contribution in [0.25, 0.3) is 11.1 Å². The number of fused-ring (bicyclic) bond motifs is 3. The fourth-order valence-corrected chi connectivity index (χ4v) is 4.69. The van der Waals surface area contributed by atoms with Gasteiger partial charge in [0, 0.05) is 37.7 Å². The van der Waals surface area contributed by atoms with Gasteiger partial charge in [-0.2, -0.15) is 0 Å². The number of benzene rings is 2. The Hall–Kier alpha value is -3.65. The van der Waals surface area contributed by atoms with E-state index in [1.54, 1.807) is 11.0 Å². The molecular weight excluding hydrogens is 448 g/mol. The zero-order valence-electron chi connectivity index (χ0n) is 19.7. The van der Waals surface area contributed by atoms with Gasteiger partial charge in [-0.15, -0.1) is 0 Å². The van der Waals surface area contributed by atoms with Crippen molar-refractivity contribution in [1.82, 2.24) is 10.2 Å². The second-order valence-corrected chi connectivity index (χ2v) is 8.61. The molecule has 2 amide bonds. The first kappa shape index (κ1) is 24.5. The van der Waals surface area contributed by atoms with Gasteiger partial charge in [-0.1, -0.05) is 54.6 Å². The number of carbonyl (C=O) groups is 3. The number of rotatable bonds is 9. The Morgan fingerprint density at radius 3 is 2.31 bits per heavy atom. The van der Waals surface area contributed by atoms with Gasteiger partial charge in [0.1, 0.15) is 6.61 Å². The smallest absolute Gasteiger partial charge is 0.407 e. The van der Waals surface area contributed by atoms with Crippen LogP contribution in [0.2, 0.25) is 0 Å².